The molecule has 0 spiro atoms. The van der Waals surface area contributed by atoms with Gasteiger partial charge in [-0.25, -0.2) is 4.98 Å². The molecule has 2 aromatic heterocycles. The van der Waals surface area contributed by atoms with Crippen molar-refractivity contribution in [3.05, 3.63) is 72.2 Å². The van der Waals surface area contributed by atoms with Crippen LogP contribution in [0.2, 0.25) is 0 Å². The predicted octanol–water partition coefficient (Wildman–Crippen LogP) is 4.47. The quantitative estimate of drug-likeness (QED) is 0.493. The van der Waals surface area contributed by atoms with E-state index in [1.165, 1.54) is 27.6 Å². The second kappa shape index (κ2) is 8.87. The van der Waals surface area contributed by atoms with Crippen molar-refractivity contribution in [3.63, 3.8) is 0 Å². The summed E-state index contributed by atoms with van der Waals surface area (Å²) in [4.78, 5) is 27.6. The Morgan fingerprint density at radius 2 is 1.88 bits per heavy atom. The molecule has 6 heteroatoms. The monoisotopic (exact) mass is 441 g/mol. The summed E-state index contributed by atoms with van der Waals surface area (Å²) >= 11 is 0. The van der Waals surface area contributed by atoms with E-state index in [9.17, 15) is 4.79 Å². The molecule has 4 aromatic rings. The van der Waals surface area contributed by atoms with Gasteiger partial charge < -0.3 is 14.9 Å². The SMILES string of the molecule is CCN(CC)C(=O)[C@@H]1C=C2c3cccc4[nH]cc(c34)C[C@H]2N(C)C1.c1ccc2[nH]cnc2c1. The van der Waals surface area contributed by atoms with Crippen molar-refractivity contribution < 1.29 is 4.79 Å². The van der Waals surface area contributed by atoms with E-state index < -0.39 is 0 Å². The van der Waals surface area contributed by atoms with Gasteiger partial charge in [0.25, 0.3) is 0 Å². The molecule has 3 heterocycles. The lowest BCUT2D eigenvalue weighted by Crippen LogP contribution is -2.47. The molecular formula is C27H31N5O. The van der Waals surface area contributed by atoms with Crippen LogP contribution in [0.4, 0.5) is 0 Å². The Kier molecular flexibility index (Phi) is 5.77. The third-order valence-electron chi connectivity index (χ3n) is 6.99. The Morgan fingerprint density at radius 3 is 2.67 bits per heavy atom. The maximum absolute atomic E-state index is 12.9. The van der Waals surface area contributed by atoms with Crippen molar-refractivity contribution in [1.29, 1.82) is 0 Å². The van der Waals surface area contributed by atoms with Crippen molar-refractivity contribution in [3.8, 4) is 0 Å². The molecule has 0 bridgehead atoms. The number of hydrogen-bond acceptors (Lipinski definition) is 3. The summed E-state index contributed by atoms with van der Waals surface area (Å²) in [7, 11) is 2.15. The largest absolute Gasteiger partial charge is 0.361 e. The zero-order valence-corrected chi connectivity index (χ0v) is 19.5. The van der Waals surface area contributed by atoms with Crippen LogP contribution in [0.1, 0.15) is 25.0 Å². The van der Waals surface area contributed by atoms with E-state index in [1.807, 2.05) is 29.2 Å². The topological polar surface area (TPSA) is 68.0 Å². The molecule has 33 heavy (non-hydrogen) atoms. The number of hydrogen-bond donors (Lipinski definition) is 2. The first-order valence-electron chi connectivity index (χ1n) is 11.8. The number of H-pyrrole nitrogens is 2. The number of aromatic nitrogens is 3. The van der Waals surface area contributed by atoms with Crippen molar-refractivity contribution in [1.82, 2.24) is 24.8 Å². The lowest BCUT2D eigenvalue weighted by Gasteiger charge is -2.40. The number of carbonyl (C=O) groups excluding carboxylic acids is 1. The fourth-order valence-corrected chi connectivity index (χ4v) is 5.25. The molecule has 0 saturated heterocycles. The number of aromatic amines is 2. The van der Waals surface area contributed by atoms with Crippen LogP contribution in [0.25, 0.3) is 27.5 Å². The standard InChI is InChI=1S/C20H25N3O.C7H6N2/c1-4-23(5-2)20(24)14-9-16-15-7-6-8-17-19(15)13(11-21-17)10-18(16)22(3)12-14;1-2-4-7-6(3-1)8-5-9-7/h6-9,11,14,18,21H,4-5,10,12H2,1-3H3;1-5H,(H,8,9)/t14-,18-;/m1./s1. The van der Waals surface area contributed by atoms with Gasteiger partial charge in [0.05, 0.1) is 23.3 Å². The Bertz CT molecular complexity index is 1280. The average molecular weight is 442 g/mol. The minimum Gasteiger partial charge on any atom is -0.361 e. The molecule has 2 N–H and O–H groups in total. The highest BCUT2D eigenvalue weighted by Crippen LogP contribution is 2.40. The number of para-hydroxylation sites is 2. The van der Waals surface area contributed by atoms with E-state index in [4.69, 9.17) is 0 Å². The minimum atomic E-state index is -0.0445. The maximum Gasteiger partial charge on any atom is 0.230 e. The molecule has 0 saturated carbocycles. The van der Waals surface area contributed by atoms with Gasteiger partial charge in [-0.2, -0.15) is 0 Å². The number of fused-ring (bicyclic) bond motifs is 3. The number of likely N-dealkylation sites (N-methyl/N-ethyl adjacent to an activating group) is 1. The van der Waals surface area contributed by atoms with E-state index in [2.05, 4.69) is 71.2 Å². The normalized spacial score (nSPS) is 19.5. The van der Waals surface area contributed by atoms with Crippen LogP contribution < -0.4 is 0 Å². The average Bonchev–Trinajstić information content (AvgIpc) is 3.49. The minimum absolute atomic E-state index is 0.0445. The van der Waals surface area contributed by atoms with E-state index in [-0.39, 0.29) is 11.8 Å². The summed E-state index contributed by atoms with van der Waals surface area (Å²) in [5.41, 5.74) is 7.33. The van der Waals surface area contributed by atoms with Crippen LogP contribution in [0.5, 0.6) is 0 Å². The molecule has 1 aliphatic carbocycles. The van der Waals surface area contributed by atoms with Gasteiger partial charge in [-0.15, -0.1) is 0 Å². The number of imidazole rings is 1. The number of benzene rings is 2. The Balaban J connectivity index is 0.000000211. The van der Waals surface area contributed by atoms with Crippen molar-refractivity contribution in [2.75, 3.05) is 26.7 Å². The molecule has 6 nitrogen and oxygen atoms in total. The Labute approximate surface area is 194 Å². The third-order valence-corrected chi connectivity index (χ3v) is 6.99. The van der Waals surface area contributed by atoms with E-state index >= 15 is 0 Å². The molecule has 170 valence electrons. The number of rotatable bonds is 3. The second-order valence-corrected chi connectivity index (χ2v) is 8.86. The molecule has 2 aliphatic rings. The molecule has 0 unspecified atom stereocenters. The van der Waals surface area contributed by atoms with Crippen molar-refractivity contribution in [2.24, 2.45) is 5.92 Å². The molecule has 1 aliphatic heterocycles. The highest BCUT2D eigenvalue weighted by atomic mass is 16.2. The molecule has 2 atom stereocenters. The highest BCUT2D eigenvalue weighted by Gasteiger charge is 2.36. The highest BCUT2D eigenvalue weighted by molar-refractivity contribution is 5.99. The lowest BCUT2D eigenvalue weighted by molar-refractivity contribution is -0.134. The van der Waals surface area contributed by atoms with Gasteiger partial charge in [0, 0.05) is 42.8 Å². The maximum atomic E-state index is 12.9. The molecule has 1 amide bonds. The Hall–Kier alpha value is -3.38. The van der Waals surface area contributed by atoms with Crippen LogP contribution in [0.15, 0.2) is 61.1 Å². The fraction of sp³-hybridized carbons (Fsp3) is 0.333. The van der Waals surface area contributed by atoms with Gasteiger partial charge in [-0.05, 0) is 62.2 Å². The summed E-state index contributed by atoms with van der Waals surface area (Å²) in [6.07, 6.45) is 7.11. The van der Waals surface area contributed by atoms with Crippen LogP contribution in [0, 0.1) is 5.92 Å². The van der Waals surface area contributed by atoms with E-state index in [0.717, 1.165) is 37.1 Å². The fourth-order valence-electron chi connectivity index (χ4n) is 5.25. The van der Waals surface area contributed by atoms with E-state index in [1.54, 1.807) is 6.33 Å². The molecule has 0 radical (unpaired) electrons. The van der Waals surface area contributed by atoms with Crippen LogP contribution in [-0.4, -0.2) is 63.4 Å². The summed E-state index contributed by atoms with van der Waals surface area (Å²) in [5.74, 6) is 0.210. The van der Waals surface area contributed by atoms with Crippen molar-refractivity contribution in [2.45, 2.75) is 26.3 Å². The molecule has 6 rings (SSSR count). The summed E-state index contributed by atoms with van der Waals surface area (Å²) in [6, 6.07) is 14.8. The number of amides is 1. The van der Waals surface area contributed by atoms with Gasteiger partial charge in [-0.1, -0.05) is 30.3 Å². The van der Waals surface area contributed by atoms with Crippen LogP contribution >= 0.6 is 0 Å². The molecular weight excluding hydrogens is 410 g/mol. The summed E-state index contributed by atoms with van der Waals surface area (Å²) in [6.45, 7) is 6.47. The van der Waals surface area contributed by atoms with Gasteiger partial charge >= 0.3 is 0 Å². The summed E-state index contributed by atoms with van der Waals surface area (Å²) < 4.78 is 0. The summed E-state index contributed by atoms with van der Waals surface area (Å²) in [5, 5.41) is 1.34. The predicted molar refractivity (Wildman–Crippen MR) is 134 cm³/mol. The first-order chi connectivity index (χ1) is 16.1. The van der Waals surface area contributed by atoms with E-state index in [0.29, 0.717) is 6.04 Å². The van der Waals surface area contributed by atoms with Gasteiger partial charge in [0.15, 0.2) is 0 Å². The van der Waals surface area contributed by atoms with Crippen molar-refractivity contribution >= 4 is 33.4 Å². The zero-order chi connectivity index (χ0) is 22.9. The molecule has 2 aromatic carbocycles. The number of carbonyl (C=O) groups is 1. The number of nitrogens with zero attached hydrogens (tertiary/aromatic N) is 3. The zero-order valence-electron chi connectivity index (χ0n) is 19.5. The third kappa shape index (κ3) is 3.85. The van der Waals surface area contributed by atoms with Crippen LogP contribution in [-0.2, 0) is 11.2 Å². The smallest absolute Gasteiger partial charge is 0.230 e. The first-order valence-corrected chi connectivity index (χ1v) is 11.8. The van der Waals surface area contributed by atoms with Gasteiger partial charge in [0.2, 0.25) is 5.91 Å². The van der Waals surface area contributed by atoms with Crippen LogP contribution in [0.3, 0.4) is 0 Å². The van der Waals surface area contributed by atoms with Gasteiger partial charge in [-0.3, -0.25) is 9.69 Å². The second-order valence-electron chi connectivity index (χ2n) is 8.86. The molecule has 0 fully saturated rings. The van der Waals surface area contributed by atoms with Gasteiger partial charge in [0.1, 0.15) is 0 Å². The number of nitrogens with one attached hydrogen (secondary N) is 2. The Morgan fingerprint density at radius 1 is 1.09 bits per heavy atom. The first kappa shape index (κ1) is 21.5. The lowest BCUT2D eigenvalue weighted by atomic mass is 9.79.